The van der Waals surface area contributed by atoms with Crippen LogP contribution in [0.2, 0.25) is 0 Å². The first-order valence-electron chi connectivity index (χ1n) is 6.91. The molecule has 0 N–H and O–H groups in total. The van der Waals surface area contributed by atoms with Crippen LogP contribution in [-0.2, 0) is 4.79 Å². The fourth-order valence-corrected chi connectivity index (χ4v) is 3.73. The lowest BCUT2D eigenvalue weighted by Crippen LogP contribution is -2.51. The van der Waals surface area contributed by atoms with E-state index in [1.54, 1.807) is 0 Å². The molecule has 0 amide bonds. The predicted molar refractivity (Wildman–Crippen MR) is 75.6 cm³/mol. The fraction of sp³-hybridized carbons (Fsp3) is 0.923. The minimum atomic E-state index is -0.140. The van der Waals surface area contributed by atoms with Gasteiger partial charge < -0.3 is 0 Å². The van der Waals surface area contributed by atoms with Crippen LogP contribution in [0.15, 0.2) is 0 Å². The molecule has 2 unspecified atom stereocenters. The maximum Gasteiger partial charge on any atom is 0.169 e. The van der Waals surface area contributed by atoms with E-state index in [0.29, 0.717) is 11.8 Å². The van der Waals surface area contributed by atoms with Crippen molar-refractivity contribution in [1.29, 1.82) is 0 Å². The number of hydrogen-bond donors (Lipinski definition) is 0. The molecule has 3 nitrogen and oxygen atoms in total. The van der Waals surface area contributed by atoms with Gasteiger partial charge in [-0.15, -0.1) is 23.2 Å². The van der Waals surface area contributed by atoms with Gasteiger partial charge in [0, 0.05) is 11.8 Å². The maximum absolute atomic E-state index is 12.6. The van der Waals surface area contributed by atoms with Crippen molar-refractivity contribution in [3.05, 3.63) is 0 Å². The smallest absolute Gasteiger partial charge is 0.169 e. The largest absolute Gasteiger partial charge is 0.296 e. The Balaban J connectivity index is 2.00. The Labute approximate surface area is 119 Å². The maximum atomic E-state index is 12.6. The monoisotopic (exact) mass is 292 g/mol. The predicted octanol–water partition coefficient (Wildman–Crippen LogP) is 1.96. The van der Waals surface area contributed by atoms with Crippen LogP contribution in [0.5, 0.6) is 0 Å². The topological polar surface area (TPSA) is 23.6 Å². The summed E-state index contributed by atoms with van der Waals surface area (Å²) < 4.78 is 0. The van der Waals surface area contributed by atoms with E-state index in [0.717, 1.165) is 26.2 Å². The van der Waals surface area contributed by atoms with Crippen molar-refractivity contribution in [3.63, 3.8) is 0 Å². The summed E-state index contributed by atoms with van der Waals surface area (Å²) in [7, 11) is 0. The molecular weight excluding hydrogens is 271 g/mol. The van der Waals surface area contributed by atoms with Gasteiger partial charge >= 0.3 is 0 Å². The van der Waals surface area contributed by atoms with E-state index >= 15 is 0 Å². The Hall–Kier alpha value is 0.170. The molecule has 2 heterocycles. The second-order valence-corrected chi connectivity index (χ2v) is 5.85. The highest BCUT2D eigenvalue weighted by atomic mass is 35.5. The van der Waals surface area contributed by atoms with Gasteiger partial charge in [-0.1, -0.05) is 0 Å². The second-order valence-electron chi connectivity index (χ2n) is 5.23. The molecule has 0 radical (unpaired) electrons. The summed E-state index contributed by atoms with van der Waals surface area (Å²) in [5.41, 5.74) is 0. The minimum absolute atomic E-state index is 0.140. The van der Waals surface area contributed by atoms with Crippen molar-refractivity contribution in [2.45, 2.75) is 37.8 Å². The lowest BCUT2D eigenvalue weighted by molar-refractivity contribution is -0.127. The lowest BCUT2D eigenvalue weighted by Gasteiger charge is -2.31. The zero-order valence-corrected chi connectivity index (χ0v) is 12.3. The summed E-state index contributed by atoms with van der Waals surface area (Å²) in [5.74, 6) is 1.00. The van der Waals surface area contributed by atoms with E-state index in [1.165, 1.54) is 25.7 Å². The highest BCUT2D eigenvalue weighted by Crippen LogP contribution is 2.20. The van der Waals surface area contributed by atoms with Crippen molar-refractivity contribution >= 4 is 29.0 Å². The van der Waals surface area contributed by atoms with E-state index in [9.17, 15) is 4.79 Å². The van der Waals surface area contributed by atoms with Crippen LogP contribution < -0.4 is 0 Å². The molecular formula is C13H22Cl2N2O. The van der Waals surface area contributed by atoms with Crippen molar-refractivity contribution in [2.24, 2.45) is 0 Å². The SMILES string of the molecule is O=C(C(CCl)N1CCCC1)C(CCl)N1CCCC1. The number of ketones is 1. The molecule has 2 atom stereocenters. The number of hydrogen-bond acceptors (Lipinski definition) is 3. The summed E-state index contributed by atoms with van der Waals surface area (Å²) >= 11 is 12.1. The normalized spacial score (nSPS) is 25.4. The Morgan fingerprint density at radius 2 is 1.17 bits per heavy atom. The standard InChI is InChI=1S/C13H22Cl2N2O/c14-9-11(16-5-1-2-6-16)13(18)12(10-15)17-7-3-4-8-17/h11-12H,1-10H2. The van der Waals surface area contributed by atoms with Gasteiger partial charge in [-0.2, -0.15) is 0 Å². The third kappa shape index (κ3) is 3.19. The number of carbonyl (C=O) groups is 1. The summed E-state index contributed by atoms with van der Waals surface area (Å²) in [4.78, 5) is 17.1. The number of likely N-dealkylation sites (tertiary alicyclic amines) is 2. The quantitative estimate of drug-likeness (QED) is 0.700. The minimum Gasteiger partial charge on any atom is -0.296 e. The molecule has 2 aliphatic rings. The first-order valence-corrected chi connectivity index (χ1v) is 7.98. The number of halogens is 2. The number of alkyl halides is 2. The van der Waals surface area contributed by atoms with Crippen LogP contribution in [0, 0.1) is 0 Å². The van der Waals surface area contributed by atoms with E-state index < -0.39 is 0 Å². The van der Waals surface area contributed by atoms with Gasteiger partial charge in [0.15, 0.2) is 5.78 Å². The van der Waals surface area contributed by atoms with Crippen LogP contribution in [-0.4, -0.2) is 65.6 Å². The summed E-state index contributed by atoms with van der Waals surface area (Å²) in [6.07, 6.45) is 4.71. The van der Waals surface area contributed by atoms with Crippen molar-refractivity contribution in [2.75, 3.05) is 37.9 Å². The third-order valence-corrected chi connectivity index (χ3v) is 4.70. The molecule has 2 rings (SSSR count). The molecule has 5 heteroatoms. The van der Waals surface area contributed by atoms with Crippen molar-refractivity contribution in [1.82, 2.24) is 9.80 Å². The Kier molecular flexibility index (Phi) is 5.74. The molecule has 18 heavy (non-hydrogen) atoms. The number of nitrogens with zero attached hydrogens (tertiary/aromatic N) is 2. The van der Waals surface area contributed by atoms with Crippen LogP contribution in [0.25, 0.3) is 0 Å². The summed E-state index contributed by atoms with van der Waals surface area (Å²) in [6.45, 7) is 3.99. The van der Waals surface area contributed by atoms with E-state index in [1.807, 2.05) is 0 Å². The van der Waals surface area contributed by atoms with E-state index in [4.69, 9.17) is 23.2 Å². The van der Waals surface area contributed by atoms with Gasteiger partial charge in [-0.3, -0.25) is 14.6 Å². The third-order valence-electron chi connectivity index (χ3n) is 4.11. The number of rotatable bonds is 6. The molecule has 0 aromatic heterocycles. The van der Waals surface area contributed by atoms with Gasteiger partial charge in [0.25, 0.3) is 0 Å². The molecule has 0 bridgehead atoms. The molecule has 0 spiro atoms. The average molecular weight is 293 g/mol. The van der Waals surface area contributed by atoms with Gasteiger partial charge in [0.2, 0.25) is 0 Å². The lowest BCUT2D eigenvalue weighted by atomic mass is 10.1. The fourth-order valence-electron chi connectivity index (χ4n) is 3.04. The molecule has 0 aliphatic carbocycles. The molecule has 104 valence electrons. The van der Waals surface area contributed by atoms with Crippen LogP contribution in [0.4, 0.5) is 0 Å². The van der Waals surface area contributed by atoms with E-state index in [-0.39, 0.29) is 17.9 Å². The first-order chi connectivity index (χ1) is 8.77. The van der Waals surface area contributed by atoms with Crippen molar-refractivity contribution in [3.8, 4) is 0 Å². The Morgan fingerprint density at radius 1 is 0.833 bits per heavy atom. The summed E-state index contributed by atoms with van der Waals surface area (Å²) in [5, 5.41) is 0. The van der Waals surface area contributed by atoms with Crippen LogP contribution in [0.1, 0.15) is 25.7 Å². The molecule has 0 saturated carbocycles. The van der Waals surface area contributed by atoms with Crippen LogP contribution >= 0.6 is 23.2 Å². The van der Waals surface area contributed by atoms with Crippen LogP contribution in [0.3, 0.4) is 0 Å². The zero-order valence-electron chi connectivity index (χ0n) is 10.8. The van der Waals surface area contributed by atoms with Gasteiger partial charge in [-0.05, 0) is 51.9 Å². The molecule has 2 saturated heterocycles. The van der Waals surface area contributed by atoms with Gasteiger partial charge in [0.05, 0.1) is 12.1 Å². The zero-order chi connectivity index (χ0) is 13.0. The molecule has 2 aliphatic heterocycles. The Morgan fingerprint density at radius 3 is 1.44 bits per heavy atom. The Bertz CT molecular complexity index is 250. The van der Waals surface area contributed by atoms with E-state index in [2.05, 4.69) is 9.80 Å². The highest BCUT2D eigenvalue weighted by Gasteiger charge is 2.35. The van der Waals surface area contributed by atoms with Gasteiger partial charge in [0.1, 0.15) is 0 Å². The summed E-state index contributed by atoms with van der Waals surface area (Å²) in [6, 6.07) is -0.281. The highest BCUT2D eigenvalue weighted by molar-refractivity contribution is 6.22. The van der Waals surface area contributed by atoms with Gasteiger partial charge in [-0.25, -0.2) is 0 Å². The van der Waals surface area contributed by atoms with Crippen molar-refractivity contribution < 1.29 is 4.79 Å². The molecule has 0 aromatic carbocycles. The molecule has 0 aromatic rings. The number of Topliss-reactive ketones (excluding diaryl/α,β-unsaturated/α-hetero) is 1. The average Bonchev–Trinajstić information content (AvgIpc) is 3.03. The number of carbonyl (C=O) groups excluding carboxylic acids is 1. The second kappa shape index (κ2) is 7.09. The first kappa shape index (κ1) is 14.6. The molecule has 2 fully saturated rings.